The van der Waals surface area contributed by atoms with E-state index in [1.54, 1.807) is 12.1 Å². The average molecular weight is 290 g/mol. The number of benzene rings is 1. The van der Waals surface area contributed by atoms with Crippen molar-refractivity contribution in [3.05, 3.63) is 35.6 Å². The quantitative estimate of drug-likeness (QED) is 0.877. The van der Waals surface area contributed by atoms with Gasteiger partial charge in [0.15, 0.2) is 0 Å². The Morgan fingerprint density at radius 2 is 1.76 bits per heavy atom. The molecular weight excluding hydrogens is 267 g/mol. The minimum Gasteiger partial charge on any atom is -0.335 e. The van der Waals surface area contributed by atoms with E-state index in [1.807, 2.05) is 4.90 Å². The van der Waals surface area contributed by atoms with Gasteiger partial charge in [-0.2, -0.15) is 0 Å². The summed E-state index contributed by atoms with van der Waals surface area (Å²) in [7, 11) is 0. The van der Waals surface area contributed by atoms with Crippen LogP contribution in [0, 0.1) is 5.82 Å². The Morgan fingerprint density at radius 1 is 1.05 bits per heavy atom. The van der Waals surface area contributed by atoms with Gasteiger partial charge in [0.25, 0.3) is 0 Å². The van der Waals surface area contributed by atoms with Crippen LogP contribution in [0.3, 0.4) is 0 Å². The maximum Gasteiger partial charge on any atom is 0.318 e. The van der Waals surface area contributed by atoms with Crippen molar-refractivity contribution in [3.63, 3.8) is 0 Å². The molecule has 1 atom stereocenters. The predicted octanol–water partition coefficient (Wildman–Crippen LogP) is 4.00. The Bertz CT molecular complexity index is 482. The summed E-state index contributed by atoms with van der Waals surface area (Å²) >= 11 is 0. The van der Waals surface area contributed by atoms with Crippen molar-refractivity contribution in [1.29, 1.82) is 0 Å². The zero-order valence-corrected chi connectivity index (χ0v) is 12.4. The monoisotopic (exact) mass is 290 g/mol. The van der Waals surface area contributed by atoms with E-state index in [0.717, 1.165) is 37.8 Å². The normalized spacial score (nSPS) is 23.3. The van der Waals surface area contributed by atoms with Crippen molar-refractivity contribution in [2.75, 3.05) is 6.54 Å². The summed E-state index contributed by atoms with van der Waals surface area (Å²) in [6.45, 7) is 0.792. The zero-order chi connectivity index (χ0) is 14.7. The van der Waals surface area contributed by atoms with Gasteiger partial charge in [-0.1, -0.05) is 31.4 Å². The number of hydrogen-bond acceptors (Lipinski definition) is 1. The molecule has 3 rings (SSSR count). The van der Waals surface area contributed by atoms with Crippen LogP contribution in [0.15, 0.2) is 24.3 Å². The van der Waals surface area contributed by atoms with Crippen molar-refractivity contribution < 1.29 is 9.18 Å². The van der Waals surface area contributed by atoms with Crippen molar-refractivity contribution in [1.82, 2.24) is 10.2 Å². The number of halogens is 1. The Kier molecular flexibility index (Phi) is 4.42. The molecule has 1 saturated heterocycles. The third kappa shape index (κ3) is 3.36. The number of hydrogen-bond donors (Lipinski definition) is 1. The number of carbonyl (C=O) groups is 1. The first-order valence-corrected chi connectivity index (χ1v) is 8.06. The second-order valence-electron chi connectivity index (χ2n) is 6.19. The first-order valence-electron chi connectivity index (χ1n) is 8.06. The fourth-order valence-electron chi connectivity index (χ4n) is 3.55. The molecule has 1 saturated carbocycles. The molecule has 0 radical (unpaired) electrons. The summed E-state index contributed by atoms with van der Waals surface area (Å²) < 4.78 is 13.0. The maximum absolute atomic E-state index is 13.0. The number of nitrogens with one attached hydrogen (secondary N) is 1. The molecule has 21 heavy (non-hydrogen) atoms. The number of carbonyl (C=O) groups excluding carboxylic acids is 1. The minimum absolute atomic E-state index is 0.0497. The summed E-state index contributed by atoms with van der Waals surface area (Å²) in [6.07, 6.45) is 7.89. The van der Waals surface area contributed by atoms with Gasteiger partial charge in [0.1, 0.15) is 5.82 Å². The van der Waals surface area contributed by atoms with Crippen LogP contribution in [0.2, 0.25) is 0 Å². The van der Waals surface area contributed by atoms with E-state index in [9.17, 15) is 9.18 Å². The van der Waals surface area contributed by atoms with E-state index < -0.39 is 0 Å². The molecule has 1 aliphatic heterocycles. The lowest BCUT2D eigenvalue weighted by Crippen LogP contribution is -2.45. The highest BCUT2D eigenvalue weighted by molar-refractivity contribution is 5.75. The van der Waals surface area contributed by atoms with Crippen LogP contribution in [-0.2, 0) is 0 Å². The zero-order valence-electron chi connectivity index (χ0n) is 12.4. The Labute approximate surface area is 125 Å². The molecule has 2 fully saturated rings. The summed E-state index contributed by atoms with van der Waals surface area (Å²) in [6, 6.07) is 7.03. The smallest absolute Gasteiger partial charge is 0.318 e. The molecule has 2 amide bonds. The highest BCUT2D eigenvalue weighted by Crippen LogP contribution is 2.32. The van der Waals surface area contributed by atoms with Gasteiger partial charge in [0.05, 0.1) is 6.04 Å². The molecule has 0 spiro atoms. The van der Waals surface area contributed by atoms with Gasteiger partial charge in [-0.3, -0.25) is 0 Å². The Morgan fingerprint density at radius 3 is 2.48 bits per heavy atom. The number of urea groups is 1. The van der Waals surface area contributed by atoms with E-state index in [-0.39, 0.29) is 17.9 Å². The number of rotatable bonds is 2. The van der Waals surface area contributed by atoms with Gasteiger partial charge in [-0.25, -0.2) is 9.18 Å². The van der Waals surface area contributed by atoms with Crippen LogP contribution in [0.25, 0.3) is 0 Å². The maximum atomic E-state index is 13.0. The summed E-state index contributed by atoms with van der Waals surface area (Å²) in [4.78, 5) is 14.4. The van der Waals surface area contributed by atoms with Gasteiger partial charge in [0, 0.05) is 12.6 Å². The molecule has 0 bridgehead atoms. The standard InChI is InChI=1S/C17H23FN2O/c18-14-10-8-13(9-11-14)16-7-4-12-20(16)17(21)19-15-5-2-1-3-6-15/h8-11,15-16H,1-7,12H2,(H,19,21)/t16-/m1/s1. The largest absolute Gasteiger partial charge is 0.335 e. The lowest BCUT2D eigenvalue weighted by Gasteiger charge is -2.29. The molecule has 3 nitrogen and oxygen atoms in total. The first-order chi connectivity index (χ1) is 10.2. The third-order valence-electron chi connectivity index (χ3n) is 4.70. The van der Waals surface area contributed by atoms with Crippen LogP contribution in [0.1, 0.15) is 56.6 Å². The lowest BCUT2D eigenvalue weighted by molar-refractivity contribution is 0.185. The molecule has 1 aliphatic carbocycles. The van der Waals surface area contributed by atoms with E-state index in [2.05, 4.69) is 5.32 Å². The molecule has 1 N–H and O–H groups in total. The SMILES string of the molecule is O=C(NC1CCCCC1)N1CCC[C@@H]1c1ccc(F)cc1. The topological polar surface area (TPSA) is 32.3 Å². The van der Waals surface area contributed by atoms with Crippen molar-refractivity contribution >= 4 is 6.03 Å². The van der Waals surface area contributed by atoms with Crippen LogP contribution < -0.4 is 5.32 Å². The summed E-state index contributed by atoms with van der Waals surface area (Å²) in [5.41, 5.74) is 1.03. The average Bonchev–Trinajstić information content (AvgIpc) is 2.98. The lowest BCUT2D eigenvalue weighted by atomic mass is 9.96. The Balaban J connectivity index is 1.65. The molecule has 2 aliphatic rings. The molecule has 4 heteroatoms. The molecule has 1 aromatic carbocycles. The van der Waals surface area contributed by atoms with E-state index in [1.165, 1.54) is 31.4 Å². The van der Waals surface area contributed by atoms with Crippen molar-refractivity contribution in [3.8, 4) is 0 Å². The summed E-state index contributed by atoms with van der Waals surface area (Å²) in [5, 5.41) is 3.18. The molecule has 1 heterocycles. The van der Waals surface area contributed by atoms with Gasteiger partial charge in [0.2, 0.25) is 0 Å². The van der Waals surface area contributed by atoms with Gasteiger partial charge < -0.3 is 10.2 Å². The Hall–Kier alpha value is -1.58. The summed E-state index contributed by atoms with van der Waals surface area (Å²) in [5.74, 6) is -0.227. The number of likely N-dealkylation sites (tertiary alicyclic amines) is 1. The van der Waals surface area contributed by atoms with Gasteiger partial charge >= 0.3 is 6.03 Å². The predicted molar refractivity (Wildman–Crippen MR) is 80.5 cm³/mol. The second kappa shape index (κ2) is 6.46. The van der Waals surface area contributed by atoms with Gasteiger partial charge in [-0.15, -0.1) is 0 Å². The van der Waals surface area contributed by atoms with E-state index >= 15 is 0 Å². The first kappa shape index (κ1) is 14.4. The third-order valence-corrected chi connectivity index (χ3v) is 4.70. The highest BCUT2D eigenvalue weighted by Gasteiger charge is 2.31. The van der Waals surface area contributed by atoms with Crippen molar-refractivity contribution in [2.45, 2.75) is 57.0 Å². The minimum atomic E-state index is -0.227. The molecular formula is C17H23FN2O. The van der Waals surface area contributed by atoms with Crippen LogP contribution in [-0.4, -0.2) is 23.5 Å². The van der Waals surface area contributed by atoms with Crippen molar-refractivity contribution in [2.24, 2.45) is 0 Å². The highest BCUT2D eigenvalue weighted by atomic mass is 19.1. The van der Waals surface area contributed by atoms with Crippen LogP contribution in [0.4, 0.5) is 9.18 Å². The van der Waals surface area contributed by atoms with E-state index in [4.69, 9.17) is 0 Å². The second-order valence-corrected chi connectivity index (χ2v) is 6.19. The fraction of sp³-hybridized carbons (Fsp3) is 0.588. The molecule has 0 aromatic heterocycles. The van der Waals surface area contributed by atoms with Crippen LogP contribution in [0.5, 0.6) is 0 Å². The molecule has 1 aromatic rings. The molecule has 114 valence electrons. The van der Waals surface area contributed by atoms with E-state index in [0.29, 0.717) is 6.04 Å². The molecule has 0 unspecified atom stereocenters. The van der Waals surface area contributed by atoms with Gasteiger partial charge in [-0.05, 0) is 43.4 Å². The van der Waals surface area contributed by atoms with Crippen LogP contribution >= 0.6 is 0 Å². The number of amides is 2. The number of nitrogens with zero attached hydrogens (tertiary/aromatic N) is 1. The fourth-order valence-corrected chi connectivity index (χ4v) is 3.55.